The lowest BCUT2D eigenvalue weighted by Gasteiger charge is -2.34. The number of aromatic carboxylic acids is 1. The molecule has 5 nitrogen and oxygen atoms in total. The van der Waals surface area contributed by atoms with Gasteiger partial charge in [-0.15, -0.1) is 0 Å². The highest BCUT2D eigenvalue weighted by Crippen LogP contribution is 2.40. The maximum atomic E-state index is 12.1. The summed E-state index contributed by atoms with van der Waals surface area (Å²) >= 11 is 3.54. The molecular formula is C11H13BrN2O3. The van der Waals surface area contributed by atoms with Crippen molar-refractivity contribution in [2.75, 3.05) is 0 Å². The van der Waals surface area contributed by atoms with Crippen molar-refractivity contribution >= 4 is 21.9 Å². The van der Waals surface area contributed by atoms with Gasteiger partial charge in [0.25, 0.3) is 5.56 Å². The molecule has 0 saturated heterocycles. The highest BCUT2D eigenvalue weighted by molar-refractivity contribution is 9.09. The van der Waals surface area contributed by atoms with Crippen LogP contribution in [0.25, 0.3) is 0 Å². The minimum atomic E-state index is -1.23. The van der Waals surface area contributed by atoms with Crippen molar-refractivity contribution in [2.24, 2.45) is 0 Å². The van der Waals surface area contributed by atoms with E-state index < -0.39 is 11.5 Å². The SMILES string of the molecule is C[C@H]1CC[C@@](C)(Br)c2ncc(C(=O)O)c(=O)n21. The molecule has 2 atom stereocenters. The number of rotatable bonds is 1. The Labute approximate surface area is 107 Å². The molecule has 0 aliphatic carbocycles. The lowest BCUT2D eigenvalue weighted by Crippen LogP contribution is -2.39. The fourth-order valence-electron chi connectivity index (χ4n) is 2.13. The fraction of sp³-hybridized carbons (Fsp3) is 0.545. The van der Waals surface area contributed by atoms with E-state index in [1.807, 2.05) is 13.8 Å². The van der Waals surface area contributed by atoms with Crippen LogP contribution in [-0.2, 0) is 4.32 Å². The van der Waals surface area contributed by atoms with E-state index in [1.54, 1.807) is 0 Å². The zero-order valence-electron chi connectivity index (χ0n) is 9.61. The lowest BCUT2D eigenvalue weighted by molar-refractivity contribution is 0.0692. The van der Waals surface area contributed by atoms with Crippen LogP contribution >= 0.6 is 15.9 Å². The molecule has 6 heteroatoms. The van der Waals surface area contributed by atoms with E-state index in [0.29, 0.717) is 5.82 Å². The van der Waals surface area contributed by atoms with Gasteiger partial charge < -0.3 is 5.11 Å². The van der Waals surface area contributed by atoms with Gasteiger partial charge in [-0.3, -0.25) is 9.36 Å². The van der Waals surface area contributed by atoms with Crippen LogP contribution in [-0.4, -0.2) is 20.6 Å². The van der Waals surface area contributed by atoms with Crippen molar-refractivity contribution in [2.45, 2.75) is 37.1 Å². The number of carboxylic acid groups (broad SMARTS) is 1. The molecule has 1 N–H and O–H groups in total. The molecule has 1 aromatic heterocycles. The second-order valence-electron chi connectivity index (χ2n) is 4.56. The Balaban J connectivity index is 2.73. The first-order valence-electron chi connectivity index (χ1n) is 5.39. The van der Waals surface area contributed by atoms with Crippen LogP contribution in [0.1, 0.15) is 48.9 Å². The summed E-state index contributed by atoms with van der Waals surface area (Å²) < 4.78 is 1.12. The number of fused-ring (bicyclic) bond motifs is 1. The molecule has 0 saturated carbocycles. The number of carboxylic acids is 1. The van der Waals surface area contributed by atoms with Crippen LogP contribution in [0.15, 0.2) is 11.0 Å². The zero-order chi connectivity index (χ0) is 12.8. The Hall–Kier alpha value is -1.17. The Bertz CT molecular complexity index is 536. The van der Waals surface area contributed by atoms with Crippen LogP contribution in [0.4, 0.5) is 0 Å². The molecule has 0 spiro atoms. The smallest absolute Gasteiger partial charge is 0.342 e. The third-order valence-corrected chi connectivity index (χ3v) is 3.91. The molecule has 0 unspecified atom stereocenters. The third kappa shape index (κ3) is 1.90. The Morgan fingerprint density at radius 2 is 2.35 bits per heavy atom. The summed E-state index contributed by atoms with van der Waals surface area (Å²) in [6.07, 6.45) is 2.83. The predicted molar refractivity (Wildman–Crippen MR) is 65.7 cm³/mol. The Morgan fingerprint density at radius 3 is 2.94 bits per heavy atom. The second-order valence-corrected chi connectivity index (χ2v) is 6.31. The molecule has 1 aromatic rings. The number of hydrogen-bond acceptors (Lipinski definition) is 3. The molecule has 1 aliphatic rings. The van der Waals surface area contributed by atoms with Crippen LogP contribution < -0.4 is 5.56 Å². The molecule has 17 heavy (non-hydrogen) atoms. The van der Waals surface area contributed by atoms with Gasteiger partial charge in [0.2, 0.25) is 0 Å². The summed E-state index contributed by atoms with van der Waals surface area (Å²) in [5.74, 6) is -0.627. The van der Waals surface area contributed by atoms with E-state index in [-0.39, 0.29) is 15.9 Å². The maximum Gasteiger partial charge on any atom is 0.342 e. The summed E-state index contributed by atoms with van der Waals surface area (Å²) in [7, 11) is 0. The summed E-state index contributed by atoms with van der Waals surface area (Å²) in [6.45, 7) is 3.85. The van der Waals surface area contributed by atoms with Gasteiger partial charge >= 0.3 is 5.97 Å². The van der Waals surface area contributed by atoms with Crippen LogP contribution in [0.5, 0.6) is 0 Å². The normalized spacial score (nSPS) is 27.6. The Morgan fingerprint density at radius 1 is 1.71 bits per heavy atom. The van der Waals surface area contributed by atoms with Crippen molar-refractivity contribution < 1.29 is 9.90 Å². The van der Waals surface area contributed by atoms with Crippen molar-refractivity contribution in [3.05, 3.63) is 27.9 Å². The average Bonchev–Trinajstić information content (AvgIpc) is 2.23. The summed E-state index contributed by atoms with van der Waals surface area (Å²) in [4.78, 5) is 27.1. The largest absolute Gasteiger partial charge is 0.477 e. The highest BCUT2D eigenvalue weighted by atomic mass is 79.9. The van der Waals surface area contributed by atoms with Crippen molar-refractivity contribution in [3.63, 3.8) is 0 Å². The number of hydrogen-bond donors (Lipinski definition) is 1. The number of aromatic nitrogens is 2. The Kier molecular flexibility index (Phi) is 2.85. The maximum absolute atomic E-state index is 12.1. The molecule has 2 heterocycles. The van der Waals surface area contributed by atoms with Crippen molar-refractivity contribution in [3.8, 4) is 0 Å². The first-order chi connectivity index (χ1) is 7.84. The minimum Gasteiger partial charge on any atom is -0.477 e. The number of carbonyl (C=O) groups is 1. The summed E-state index contributed by atoms with van der Waals surface area (Å²) in [5.41, 5.74) is -0.744. The van der Waals surface area contributed by atoms with Gasteiger partial charge in [0.05, 0.1) is 4.32 Å². The standard InChI is InChI=1S/C11H13BrN2O3/c1-6-3-4-11(2,12)10-13-5-7(9(16)17)8(15)14(6)10/h5-6H,3-4H2,1-2H3,(H,16,17)/t6-,11+/m0/s1. The molecule has 0 aromatic carbocycles. The zero-order valence-corrected chi connectivity index (χ0v) is 11.2. The predicted octanol–water partition coefficient (Wildman–Crippen LogP) is 1.91. The van der Waals surface area contributed by atoms with E-state index in [4.69, 9.17) is 5.11 Å². The lowest BCUT2D eigenvalue weighted by atomic mass is 9.95. The average molecular weight is 301 g/mol. The topological polar surface area (TPSA) is 72.2 Å². The summed E-state index contributed by atoms with van der Waals surface area (Å²) in [5, 5.41) is 8.92. The van der Waals surface area contributed by atoms with Gasteiger partial charge in [-0.2, -0.15) is 0 Å². The van der Waals surface area contributed by atoms with E-state index >= 15 is 0 Å². The quantitative estimate of drug-likeness (QED) is 0.804. The molecule has 2 rings (SSSR count). The van der Waals surface area contributed by atoms with Gasteiger partial charge in [0.15, 0.2) is 0 Å². The third-order valence-electron chi connectivity index (χ3n) is 3.16. The number of halogens is 1. The molecule has 0 fully saturated rings. The number of nitrogens with zero attached hydrogens (tertiary/aromatic N) is 2. The van der Waals surface area contributed by atoms with E-state index in [2.05, 4.69) is 20.9 Å². The molecular weight excluding hydrogens is 288 g/mol. The molecule has 0 amide bonds. The van der Waals surface area contributed by atoms with Crippen molar-refractivity contribution in [1.29, 1.82) is 0 Å². The minimum absolute atomic E-state index is 0.0186. The fourth-order valence-corrected chi connectivity index (χ4v) is 2.65. The van der Waals surface area contributed by atoms with Gasteiger partial charge in [0, 0.05) is 12.2 Å². The van der Waals surface area contributed by atoms with Gasteiger partial charge in [0.1, 0.15) is 11.4 Å². The van der Waals surface area contributed by atoms with Crippen LogP contribution in [0, 0.1) is 0 Å². The van der Waals surface area contributed by atoms with Gasteiger partial charge in [-0.1, -0.05) is 15.9 Å². The molecule has 0 radical (unpaired) electrons. The first kappa shape index (κ1) is 12.3. The van der Waals surface area contributed by atoms with Crippen LogP contribution in [0.3, 0.4) is 0 Å². The summed E-state index contributed by atoms with van der Waals surface area (Å²) in [6, 6.07) is -0.0186. The highest BCUT2D eigenvalue weighted by Gasteiger charge is 2.35. The molecule has 0 bridgehead atoms. The van der Waals surface area contributed by atoms with E-state index in [0.717, 1.165) is 19.0 Å². The first-order valence-corrected chi connectivity index (χ1v) is 6.18. The number of alkyl halides is 1. The van der Waals surface area contributed by atoms with Crippen molar-refractivity contribution in [1.82, 2.24) is 9.55 Å². The van der Waals surface area contributed by atoms with Crippen LogP contribution in [0.2, 0.25) is 0 Å². The van der Waals surface area contributed by atoms with E-state index in [9.17, 15) is 9.59 Å². The molecule has 1 aliphatic heterocycles. The molecule has 92 valence electrons. The second kappa shape index (κ2) is 3.94. The van der Waals surface area contributed by atoms with E-state index in [1.165, 1.54) is 4.57 Å². The monoisotopic (exact) mass is 300 g/mol. The van der Waals surface area contributed by atoms with Gasteiger partial charge in [-0.25, -0.2) is 9.78 Å². The van der Waals surface area contributed by atoms with Gasteiger partial charge in [-0.05, 0) is 26.7 Å².